The number of hydrogen-bond donors (Lipinski definition) is 4. The van der Waals surface area contributed by atoms with Crippen molar-refractivity contribution in [2.24, 2.45) is 0 Å². The van der Waals surface area contributed by atoms with E-state index in [9.17, 15) is 19.5 Å². The summed E-state index contributed by atoms with van der Waals surface area (Å²) in [7, 11) is 0. The minimum atomic E-state index is -1.14. The van der Waals surface area contributed by atoms with Crippen molar-refractivity contribution < 1.29 is 29.9 Å². The van der Waals surface area contributed by atoms with Crippen molar-refractivity contribution in [2.45, 2.75) is 66.8 Å². The number of rotatable bonds is 16. The van der Waals surface area contributed by atoms with Crippen LogP contribution in [0.2, 0.25) is 0 Å². The SMILES string of the molecule is C.CC(C)=CCC/C(C)=C/CC/C(C)=C/CSC[C@H](NC(=O)CNC(=O)c1ccc(N(O)[OH2+])cc1)C(=O)O. The molecule has 0 aliphatic carbocycles. The first kappa shape index (κ1) is 34.9. The predicted molar refractivity (Wildman–Crippen MR) is 156 cm³/mol. The van der Waals surface area contributed by atoms with E-state index in [0.29, 0.717) is 5.75 Å². The minimum Gasteiger partial charge on any atom is -0.480 e. The number of carbonyl (C=O) groups is 3. The lowest BCUT2D eigenvalue weighted by molar-refractivity contribution is -0.140. The van der Waals surface area contributed by atoms with Gasteiger partial charge in [-0.05, 0) is 82.9 Å². The van der Waals surface area contributed by atoms with Crippen molar-refractivity contribution in [3.63, 3.8) is 0 Å². The number of allylic oxidation sites excluding steroid dienone is 5. The lowest BCUT2D eigenvalue weighted by atomic mass is 10.1. The molecule has 0 heterocycles. The van der Waals surface area contributed by atoms with Crippen LogP contribution in [-0.4, -0.2) is 57.4 Å². The van der Waals surface area contributed by atoms with Gasteiger partial charge in [-0.1, -0.05) is 42.4 Å². The van der Waals surface area contributed by atoms with Gasteiger partial charge < -0.3 is 15.7 Å². The first-order valence-corrected chi connectivity index (χ1v) is 13.3. The van der Waals surface area contributed by atoms with E-state index in [2.05, 4.69) is 56.6 Å². The Kier molecular flexibility index (Phi) is 17.5. The Morgan fingerprint density at radius 3 is 2.13 bits per heavy atom. The second kappa shape index (κ2) is 19.1. The summed E-state index contributed by atoms with van der Waals surface area (Å²) in [6, 6.07) is 4.48. The number of amides is 2. The van der Waals surface area contributed by atoms with Gasteiger partial charge in [0.1, 0.15) is 11.7 Å². The smallest absolute Gasteiger partial charge is 0.327 e. The Balaban J connectivity index is 0.0000137. The monoisotopic (exact) mass is 550 g/mol. The van der Waals surface area contributed by atoms with Crippen molar-refractivity contribution in [2.75, 3.05) is 23.3 Å². The summed E-state index contributed by atoms with van der Waals surface area (Å²) in [6.07, 6.45) is 10.7. The van der Waals surface area contributed by atoms with E-state index in [1.165, 1.54) is 52.7 Å². The van der Waals surface area contributed by atoms with E-state index in [4.69, 9.17) is 10.4 Å². The zero-order valence-electron chi connectivity index (χ0n) is 22.0. The van der Waals surface area contributed by atoms with Gasteiger partial charge in [-0.3, -0.25) is 14.8 Å². The van der Waals surface area contributed by atoms with Crippen LogP contribution in [0, 0.1) is 0 Å². The Hall–Kier alpha value is -3.08. The van der Waals surface area contributed by atoms with Crippen LogP contribution in [0.25, 0.3) is 0 Å². The van der Waals surface area contributed by atoms with E-state index in [1.807, 2.05) is 0 Å². The molecule has 0 aliphatic rings. The molecule has 1 rings (SSSR count). The number of nitrogens with one attached hydrogen (secondary N) is 2. The van der Waals surface area contributed by atoms with Crippen molar-refractivity contribution >= 4 is 35.2 Å². The molecule has 0 saturated heterocycles. The lowest BCUT2D eigenvalue weighted by Gasteiger charge is -2.14. The van der Waals surface area contributed by atoms with Crippen LogP contribution in [0.4, 0.5) is 5.69 Å². The fourth-order valence-corrected chi connectivity index (χ4v) is 4.16. The molecule has 2 amide bonds. The molecular weight excluding hydrogens is 506 g/mol. The largest absolute Gasteiger partial charge is 0.480 e. The molecule has 0 unspecified atom stereocenters. The third kappa shape index (κ3) is 15.2. The Morgan fingerprint density at radius 2 is 1.58 bits per heavy atom. The summed E-state index contributed by atoms with van der Waals surface area (Å²) < 4.78 is 0. The molecule has 6 N–H and O–H groups in total. The van der Waals surface area contributed by atoms with Crippen molar-refractivity contribution in [1.29, 1.82) is 0 Å². The molecule has 0 bridgehead atoms. The number of carbonyl (C=O) groups excluding carboxylic acids is 2. The molecule has 9 nitrogen and oxygen atoms in total. The van der Waals surface area contributed by atoms with Gasteiger partial charge in [0.15, 0.2) is 0 Å². The number of carboxylic acids is 1. The molecular formula is C28H44N3O6S+. The number of aliphatic carboxylic acids is 1. The van der Waals surface area contributed by atoms with Crippen LogP contribution in [0.15, 0.2) is 59.2 Å². The second-order valence-electron chi connectivity index (χ2n) is 9.00. The van der Waals surface area contributed by atoms with Gasteiger partial charge in [0.05, 0.1) is 6.54 Å². The molecule has 10 heteroatoms. The average Bonchev–Trinajstić information content (AvgIpc) is 2.84. The number of anilines is 1. The standard InChI is InChI=1S/C27H39N3O6S.CH4/c1-19(2)7-5-8-20(3)9-6-10-21(4)15-16-37-18-24(27(33)34)29-25(31)17-28-26(32)22-11-13-23(14-12-22)30(35)36;/h7,9,11-15,24,35-36H,5-6,8,10,16-18H2,1-4H3,(H,28,32)(H,29,31)(H,33,34);1H4/p+1/b20-9+,21-15+;/t24-;/m0./s1. The first-order chi connectivity index (χ1) is 17.5. The van der Waals surface area contributed by atoms with E-state index in [1.54, 1.807) is 0 Å². The maximum atomic E-state index is 12.2. The highest BCUT2D eigenvalue weighted by Crippen LogP contribution is 2.14. The van der Waals surface area contributed by atoms with Gasteiger partial charge >= 0.3 is 5.97 Å². The van der Waals surface area contributed by atoms with Crippen LogP contribution < -0.4 is 15.9 Å². The van der Waals surface area contributed by atoms with Gasteiger partial charge in [0, 0.05) is 17.1 Å². The van der Waals surface area contributed by atoms with Crippen molar-refractivity contribution in [1.82, 2.24) is 10.6 Å². The Bertz CT molecular complexity index is 983. The fraction of sp³-hybridized carbons (Fsp3) is 0.464. The normalized spacial score (nSPS) is 12.2. The van der Waals surface area contributed by atoms with Crippen LogP contribution in [-0.2, 0) is 9.59 Å². The molecule has 0 saturated carbocycles. The molecule has 1 aromatic rings. The van der Waals surface area contributed by atoms with Crippen molar-refractivity contribution in [3.8, 4) is 0 Å². The quantitative estimate of drug-likeness (QED) is 0.102. The van der Waals surface area contributed by atoms with Crippen molar-refractivity contribution in [3.05, 3.63) is 64.8 Å². The third-order valence-electron chi connectivity index (χ3n) is 5.37. The van der Waals surface area contributed by atoms with E-state index >= 15 is 0 Å². The summed E-state index contributed by atoms with van der Waals surface area (Å²) >= 11 is 1.42. The molecule has 0 fully saturated rings. The Morgan fingerprint density at radius 1 is 1.00 bits per heavy atom. The average molecular weight is 551 g/mol. The van der Waals surface area contributed by atoms with E-state index in [-0.39, 0.29) is 36.2 Å². The summed E-state index contributed by atoms with van der Waals surface area (Å²) in [5, 5.41) is 30.6. The first-order valence-electron chi connectivity index (χ1n) is 12.1. The van der Waals surface area contributed by atoms with Gasteiger partial charge in [-0.25, -0.2) is 10.0 Å². The predicted octanol–water partition coefficient (Wildman–Crippen LogP) is 4.61. The van der Waals surface area contributed by atoms with Crippen LogP contribution >= 0.6 is 11.8 Å². The topological polar surface area (TPSA) is 142 Å². The van der Waals surface area contributed by atoms with Crippen LogP contribution in [0.1, 0.15) is 71.2 Å². The third-order valence-corrected chi connectivity index (χ3v) is 6.35. The molecule has 0 aromatic heterocycles. The molecule has 212 valence electrons. The highest BCUT2D eigenvalue weighted by molar-refractivity contribution is 7.99. The minimum absolute atomic E-state index is 0. The molecule has 0 spiro atoms. The Labute approximate surface area is 230 Å². The molecule has 0 aliphatic heterocycles. The summed E-state index contributed by atoms with van der Waals surface area (Å²) in [6.45, 7) is 8.05. The fourth-order valence-electron chi connectivity index (χ4n) is 3.16. The highest BCUT2D eigenvalue weighted by Gasteiger charge is 2.20. The van der Waals surface area contributed by atoms with E-state index < -0.39 is 23.8 Å². The van der Waals surface area contributed by atoms with Gasteiger partial charge in [0.25, 0.3) is 5.91 Å². The second-order valence-corrected chi connectivity index (χ2v) is 10.1. The zero-order chi connectivity index (χ0) is 27.8. The van der Waals surface area contributed by atoms with Crippen LogP contribution in [0.3, 0.4) is 0 Å². The number of nitrogens with zero attached hydrogens (tertiary/aromatic N) is 1. The summed E-state index contributed by atoms with van der Waals surface area (Å²) in [5.74, 6) is -1.43. The van der Waals surface area contributed by atoms with Gasteiger partial charge in [0.2, 0.25) is 5.91 Å². The lowest BCUT2D eigenvalue weighted by Crippen LogP contribution is -2.46. The number of hydrogen-bond acceptors (Lipinski definition) is 6. The van der Waals surface area contributed by atoms with Crippen LogP contribution in [0.5, 0.6) is 0 Å². The van der Waals surface area contributed by atoms with Gasteiger partial charge in [-0.15, -0.1) is 0 Å². The van der Waals surface area contributed by atoms with Gasteiger partial charge in [-0.2, -0.15) is 11.8 Å². The maximum absolute atomic E-state index is 12.2. The summed E-state index contributed by atoms with van der Waals surface area (Å²) in [5.41, 5.74) is 4.38. The zero-order valence-corrected chi connectivity index (χ0v) is 22.9. The highest BCUT2D eigenvalue weighted by atomic mass is 32.2. The number of thioether (sulfide) groups is 1. The maximum Gasteiger partial charge on any atom is 0.327 e. The molecule has 38 heavy (non-hydrogen) atoms. The number of benzene rings is 1. The molecule has 1 aromatic carbocycles. The number of carboxylic acid groups (broad SMARTS) is 1. The molecule has 1 atom stereocenters. The summed E-state index contributed by atoms with van der Waals surface area (Å²) in [4.78, 5) is 35.9. The molecule has 0 radical (unpaired) electrons. The van der Waals surface area contributed by atoms with E-state index in [0.717, 1.165) is 25.7 Å².